The van der Waals surface area contributed by atoms with Crippen molar-refractivity contribution >= 4 is 22.8 Å². The van der Waals surface area contributed by atoms with Crippen LogP contribution in [-0.2, 0) is 16.0 Å². The van der Waals surface area contributed by atoms with Crippen molar-refractivity contribution in [2.24, 2.45) is 0 Å². The average molecular weight is 404 g/mol. The third-order valence-corrected chi connectivity index (χ3v) is 5.49. The number of ether oxygens (including phenoxy) is 1. The highest BCUT2D eigenvalue weighted by Gasteiger charge is 2.45. The molecule has 2 heterocycles. The van der Waals surface area contributed by atoms with Crippen molar-refractivity contribution < 1.29 is 19.4 Å². The first kappa shape index (κ1) is 20.0. The molecule has 0 spiro atoms. The largest absolute Gasteiger partial charge is 0.439 e. The van der Waals surface area contributed by atoms with Gasteiger partial charge in [0.15, 0.2) is 6.10 Å². The van der Waals surface area contributed by atoms with E-state index in [2.05, 4.69) is 4.98 Å². The van der Waals surface area contributed by atoms with Gasteiger partial charge in [-0.05, 0) is 36.8 Å². The Bertz CT molecular complexity index is 1090. The van der Waals surface area contributed by atoms with Gasteiger partial charge in [-0.3, -0.25) is 9.78 Å². The standard InChI is InChI=1S/C24H24N2O4/c1-15-9-16(2)11-19(10-15)23-21(14-27)26(24(29)30-23)22(28)8-7-18-13-25-12-17-5-3-4-6-20(17)18/h3-6,9-13,21,23,27H,7-8,14H2,1-2H3/t21-,23+/m0/s1. The lowest BCUT2D eigenvalue weighted by Gasteiger charge is -2.22. The second-order valence-corrected chi connectivity index (χ2v) is 7.76. The fourth-order valence-electron chi connectivity index (χ4n) is 4.18. The van der Waals surface area contributed by atoms with Gasteiger partial charge >= 0.3 is 6.09 Å². The SMILES string of the molecule is Cc1cc(C)cc([C@H]2OC(=O)N(C(=O)CCc3cncc4ccccc34)[C@H]2CO)c1. The molecule has 2 aromatic carbocycles. The molecule has 0 aliphatic carbocycles. The highest BCUT2D eigenvalue weighted by molar-refractivity contribution is 5.94. The highest BCUT2D eigenvalue weighted by Crippen LogP contribution is 2.34. The third-order valence-electron chi connectivity index (χ3n) is 5.49. The summed E-state index contributed by atoms with van der Waals surface area (Å²) in [6, 6.07) is 13.0. The fraction of sp³-hybridized carbons (Fsp3) is 0.292. The molecule has 0 radical (unpaired) electrons. The van der Waals surface area contributed by atoms with Gasteiger partial charge in [-0.1, -0.05) is 53.6 Å². The van der Waals surface area contributed by atoms with Crippen LogP contribution in [0.5, 0.6) is 0 Å². The number of rotatable bonds is 5. The molecule has 0 bridgehead atoms. The van der Waals surface area contributed by atoms with Crippen LogP contribution in [0, 0.1) is 13.8 Å². The molecule has 0 saturated carbocycles. The topological polar surface area (TPSA) is 79.7 Å². The number of carbonyl (C=O) groups is 2. The number of aryl methyl sites for hydroxylation is 3. The zero-order valence-electron chi connectivity index (χ0n) is 17.0. The number of aromatic nitrogens is 1. The summed E-state index contributed by atoms with van der Waals surface area (Å²) in [7, 11) is 0. The number of hydrogen-bond acceptors (Lipinski definition) is 5. The summed E-state index contributed by atoms with van der Waals surface area (Å²) in [6.07, 6.45) is 2.72. The molecule has 30 heavy (non-hydrogen) atoms. The Kier molecular flexibility index (Phi) is 5.50. The van der Waals surface area contributed by atoms with Crippen LogP contribution in [0.2, 0.25) is 0 Å². The molecule has 2 atom stereocenters. The number of nitrogens with zero attached hydrogens (tertiary/aromatic N) is 2. The lowest BCUT2D eigenvalue weighted by atomic mass is 9.98. The molecule has 1 aromatic heterocycles. The van der Waals surface area contributed by atoms with Crippen LogP contribution in [0.4, 0.5) is 4.79 Å². The quantitative estimate of drug-likeness (QED) is 0.698. The summed E-state index contributed by atoms with van der Waals surface area (Å²) in [6.45, 7) is 3.57. The number of pyridine rings is 1. The maximum Gasteiger partial charge on any atom is 0.417 e. The lowest BCUT2D eigenvalue weighted by molar-refractivity contribution is -0.129. The molecule has 6 nitrogen and oxygen atoms in total. The smallest absolute Gasteiger partial charge is 0.417 e. The zero-order chi connectivity index (χ0) is 21.3. The number of hydrogen-bond donors (Lipinski definition) is 1. The Labute approximate surface area is 175 Å². The molecular weight excluding hydrogens is 380 g/mol. The van der Waals surface area contributed by atoms with Gasteiger partial charge in [0, 0.05) is 24.2 Å². The van der Waals surface area contributed by atoms with E-state index in [4.69, 9.17) is 4.74 Å². The number of aliphatic hydroxyl groups is 1. The Balaban J connectivity index is 1.53. The number of carbonyl (C=O) groups excluding carboxylic acids is 2. The number of fused-ring (bicyclic) bond motifs is 1. The van der Waals surface area contributed by atoms with Gasteiger partial charge in [0.25, 0.3) is 0 Å². The first-order valence-electron chi connectivity index (χ1n) is 10.0. The van der Waals surface area contributed by atoms with Gasteiger partial charge in [-0.15, -0.1) is 0 Å². The van der Waals surface area contributed by atoms with Crippen molar-refractivity contribution in [3.8, 4) is 0 Å². The molecular formula is C24H24N2O4. The maximum absolute atomic E-state index is 12.9. The van der Waals surface area contributed by atoms with Gasteiger partial charge in [0.05, 0.1) is 6.61 Å². The summed E-state index contributed by atoms with van der Waals surface area (Å²) < 4.78 is 5.51. The van der Waals surface area contributed by atoms with Crippen molar-refractivity contribution in [2.75, 3.05) is 6.61 Å². The predicted octanol–water partition coefficient (Wildman–Crippen LogP) is 3.87. The summed E-state index contributed by atoms with van der Waals surface area (Å²) in [5.41, 5.74) is 3.80. The number of benzene rings is 2. The van der Waals surface area contributed by atoms with Crippen molar-refractivity contribution in [1.29, 1.82) is 0 Å². The highest BCUT2D eigenvalue weighted by atomic mass is 16.6. The summed E-state index contributed by atoms with van der Waals surface area (Å²) in [4.78, 5) is 30.8. The third kappa shape index (κ3) is 3.78. The second-order valence-electron chi connectivity index (χ2n) is 7.76. The molecule has 6 heteroatoms. The molecule has 0 unspecified atom stereocenters. The Morgan fingerprint density at radius 1 is 1.13 bits per heavy atom. The number of cyclic esters (lactones) is 1. The van der Waals surface area contributed by atoms with Crippen molar-refractivity contribution in [2.45, 2.75) is 38.8 Å². The predicted molar refractivity (Wildman–Crippen MR) is 113 cm³/mol. The van der Waals surface area contributed by atoms with Crippen LogP contribution in [0.15, 0.2) is 54.9 Å². The van der Waals surface area contributed by atoms with Gasteiger partial charge in [0.1, 0.15) is 6.04 Å². The maximum atomic E-state index is 12.9. The molecule has 3 aromatic rings. The van der Waals surface area contributed by atoms with Crippen molar-refractivity contribution in [3.63, 3.8) is 0 Å². The fourth-order valence-corrected chi connectivity index (χ4v) is 4.18. The van der Waals surface area contributed by atoms with E-state index < -0.39 is 18.2 Å². The van der Waals surface area contributed by atoms with E-state index in [9.17, 15) is 14.7 Å². The summed E-state index contributed by atoms with van der Waals surface area (Å²) >= 11 is 0. The minimum Gasteiger partial charge on any atom is -0.439 e. The Morgan fingerprint density at radius 3 is 2.60 bits per heavy atom. The molecule has 1 saturated heterocycles. The van der Waals surface area contributed by atoms with Crippen LogP contribution in [-0.4, -0.2) is 39.6 Å². The van der Waals surface area contributed by atoms with Crippen LogP contribution < -0.4 is 0 Å². The first-order valence-corrected chi connectivity index (χ1v) is 10.0. The van der Waals surface area contributed by atoms with E-state index in [0.717, 1.165) is 37.9 Å². The molecule has 1 fully saturated rings. The van der Waals surface area contributed by atoms with Crippen LogP contribution in [0.1, 0.15) is 34.8 Å². The van der Waals surface area contributed by atoms with E-state index in [-0.39, 0.29) is 18.9 Å². The summed E-state index contributed by atoms with van der Waals surface area (Å²) in [5.74, 6) is -0.362. The van der Waals surface area contributed by atoms with E-state index >= 15 is 0 Å². The number of aliphatic hydroxyl groups excluding tert-OH is 1. The van der Waals surface area contributed by atoms with Gasteiger partial charge in [-0.25, -0.2) is 9.69 Å². The zero-order valence-corrected chi connectivity index (χ0v) is 17.0. The molecule has 1 N–H and O–H groups in total. The van der Waals surface area contributed by atoms with Crippen molar-refractivity contribution in [1.82, 2.24) is 9.88 Å². The van der Waals surface area contributed by atoms with Gasteiger partial charge in [0.2, 0.25) is 5.91 Å². The van der Waals surface area contributed by atoms with Gasteiger partial charge in [-0.2, -0.15) is 0 Å². The number of imide groups is 1. The monoisotopic (exact) mass is 404 g/mol. The van der Waals surface area contributed by atoms with Crippen LogP contribution in [0.25, 0.3) is 10.8 Å². The van der Waals surface area contributed by atoms with E-state index in [1.807, 2.05) is 56.3 Å². The summed E-state index contributed by atoms with van der Waals surface area (Å²) in [5, 5.41) is 12.0. The minimum atomic E-state index is -0.739. The molecule has 1 aliphatic heterocycles. The Hall–Kier alpha value is -3.25. The van der Waals surface area contributed by atoms with Crippen LogP contribution >= 0.6 is 0 Å². The number of amides is 2. The molecule has 154 valence electrons. The lowest BCUT2D eigenvalue weighted by Crippen LogP contribution is -2.41. The normalized spacial score (nSPS) is 18.6. The second kappa shape index (κ2) is 8.24. The van der Waals surface area contributed by atoms with E-state index in [1.54, 1.807) is 12.4 Å². The average Bonchev–Trinajstić information content (AvgIpc) is 3.07. The van der Waals surface area contributed by atoms with Crippen molar-refractivity contribution in [3.05, 3.63) is 77.1 Å². The minimum absolute atomic E-state index is 0.126. The molecule has 2 amide bonds. The van der Waals surface area contributed by atoms with Gasteiger partial charge < -0.3 is 9.84 Å². The van der Waals surface area contributed by atoms with Crippen LogP contribution in [0.3, 0.4) is 0 Å². The molecule has 4 rings (SSSR count). The van der Waals surface area contributed by atoms with E-state index in [0.29, 0.717) is 6.42 Å². The first-order chi connectivity index (χ1) is 14.5. The van der Waals surface area contributed by atoms with E-state index in [1.165, 1.54) is 0 Å². The Morgan fingerprint density at radius 2 is 1.87 bits per heavy atom. The molecule has 1 aliphatic rings.